The third-order valence-corrected chi connectivity index (χ3v) is 3.61. The van der Waals surface area contributed by atoms with Crippen LogP contribution in [0.4, 0.5) is 11.4 Å². The van der Waals surface area contributed by atoms with Crippen LogP contribution >= 0.6 is 0 Å². The fraction of sp³-hybridized carbons (Fsp3) is 0.467. The van der Waals surface area contributed by atoms with Gasteiger partial charge in [-0.15, -0.1) is 0 Å². The minimum Gasteiger partial charge on any atom is -0.327 e. The van der Waals surface area contributed by atoms with E-state index in [1.807, 2.05) is 0 Å². The molecule has 1 aromatic rings. The van der Waals surface area contributed by atoms with Crippen LogP contribution in [0.3, 0.4) is 0 Å². The van der Waals surface area contributed by atoms with Crippen LogP contribution in [-0.4, -0.2) is 17.9 Å². The minimum absolute atomic E-state index is 0.0304. The Morgan fingerprint density at radius 1 is 1.15 bits per heavy atom. The highest BCUT2D eigenvalue weighted by atomic mass is 16.2. The Bertz CT molecular complexity index is 502. The monoisotopic (exact) mass is 275 g/mol. The van der Waals surface area contributed by atoms with Crippen molar-refractivity contribution < 1.29 is 9.59 Å². The normalized spacial score (nSPS) is 22.1. The topological polar surface area (TPSA) is 84.2 Å². The van der Waals surface area contributed by atoms with E-state index in [1.54, 1.807) is 24.3 Å². The van der Waals surface area contributed by atoms with Crippen LogP contribution in [0.5, 0.6) is 0 Å². The van der Waals surface area contributed by atoms with E-state index in [1.165, 1.54) is 6.92 Å². The molecule has 1 saturated carbocycles. The van der Waals surface area contributed by atoms with Crippen LogP contribution in [0.25, 0.3) is 0 Å². The van der Waals surface area contributed by atoms with Gasteiger partial charge in [-0.05, 0) is 31.0 Å². The molecule has 5 heteroatoms. The molecule has 2 unspecified atom stereocenters. The van der Waals surface area contributed by atoms with Gasteiger partial charge in [0.05, 0.1) is 5.92 Å². The Labute approximate surface area is 118 Å². The van der Waals surface area contributed by atoms with Crippen LogP contribution in [0.15, 0.2) is 24.3 Å². The van der Waals surface area contributed by atoms with Gasteiger partial charge in [-0.1, -0.05) is 18.9 Å². The van der Waals surface area contributed by atoms with Crippen molar-refractivity contribution in [2.24, 2.45) is 11.7 Å². The third kappa shape index (κ3) is 3.81. The first-order valence-corrected chi connectivity index (χ1v) is 7.00. The number of rotatable bonds is 3. The summed E-state index contributed by atoms with van der Waals surface area (Å²) < 4.78 is 0. The molecule has 0 heterocycles. The number of benzene rings is 1. The zero-order valence-corrected chi connectivity index (χ0v) is 11.7. The molecule has 0 saturated heterocycles. The molecule has 2 rings (SSSR count). The molecule has 0 aromatic heterocycles. The molecule has 0 radical (unpaired) electrons. The van der Waals surface area contributed by atoms with E-state index in [9.17, 15) is 9.59 Å². The number of nitrogens with two attached hydrogens (primary N) is 1. The fourth-order valence-corrected chi connectivity index (χ4v) is 2.60. The molecule has 0 spiro atoms. The first-order chi connectivity index (χ1) is 9.56. The van der Waals surface area contributed by atoms with E-state index in [0.29, 0.717) is 11.4 Å². The van der Waals surface area contributed by atoms with Crippen molar-refractivity contribution in [1.29, 1.82) is 0 Å². The lowest BCUT2D eigenvalue weighted by atomic mass is 9.84. The van der Waals surface area contributed by atoms with Crippen molar-refractivity contribution in [3.05, 3.63) is 24.3 Å². The summed E-state index contributed by atoms with van der Waals surface area (Å²) in [4.78, 5) is 23.3. The van der Waals surface area contributed by atoms with Gasteiger partial charge in [-0.2, -0.15) is 0 Å². The fourth-order valence-electron chi connectivity index (χ4n) is 2.60. The highest BCUT2D eigenvalue weighted by molar-refractivity contribution is 5.94. The van der Waals surface area contributed by atoms with Crippen LogP contribution in [-0.2, 0) is 9.59 Å². The Morgan fingerprint density at radius 3 is 2.45 bits per heavy atom. The molecular formula is C15H21N3O2. The van der Waals surface area contributed by atoms with Gasteiger partial charge in [0.1, 0.15) is 0 Å². The Hall–Kier alpha value is -1.88. The van der Waals surface area contributed by atoms with Crippen molar-refractivity contribution in [2.75, 3.05) is 10.6 Å². The van der Waals surface area contributed by atoms with E-state index >= 15 is 0 Å². The molecule has 108 valence electrons. The smallest absolute Gasteiger partial charge is 0.229 e. The van der Waals surface area contributed by atoms with Crippen molar-refractivity contribution in [3.63, 3.8) is 0 Å². The number of hydrogen-bond donors (Lipinski definition) is 3. The Balaban J connectivity index is 2.01. The van der Waals surface area contributed by atoms with Crippen molar-refractivity contribution in [2.45, 2.75) is 38.6 Å². The second-order valence-corrected chi connectivity index (χ2v) is 5.31. The summed E-state index contributed by atoms with van der Waals surface area (Å²) in [5.74, 6) is -0.284. The summed E-state index contributed by atoms with van der Waals surface area (Å²) in [5.41, 5.74) is 7.36. The maximum atomic E-state index is 12.2. The number of anilines is 2. The van der Waals surface area contributed by atoms with Crippen LogP contribution < -0.4 is 16.4 Å². The highest BCUT2D eigenvalue weighted by Gasteiger charge is 2.28. The van der Waals surface area contributed by atoms with E-state index in [0.717, 1.165) is 25.7 Å². The lowest BCUT2D eigenvalue weighted by Gasteiger charge is -2.27. The van der Waals surface area contributed by atoms with Crippen LogP contribution in [0.2, 0.25) is 0 Å². The first-order valence-electron chi connectivity index (χ1n) is 7.00. The predicted octanol–water partition coefficient (Wildman–Crippen LogP) is 2.10. The van der Waals surface area contributed by atoms with Crippen molar-refractivity contribution in [3.8, 4) is 0 Å². The van der Waals surface area contributed by atoms with E-state index in [4.69, 9.17) is 5.73 Å². The van der Waals surface area contributed by atoms with Gasteiger partial charge in [0, 0.05) is 24.3 Å². The Morgan fingerprint density at radius 2 is 1.80 bits per heavy atom. The summed E-state index contributed by atoms with van der Waals surface area (Å²) in [5, 5.41) is 5.58. The maximum absolute atomic E-state index is 12.2. The molecule has 1 aromatic carbocycles. The van der Waals surface area contributed by atoms with Gasteiger partial charge in [-0.25, -0.2) is 0 Å². The SMILES string of the molecule is CC(=O)Nc1cccc(NC(=O)C2CCCCC2N)c1. The summed E-state index contributed by atoms with van der Waals surface area (Å²) in [6.45, 7) is 1.45. The second-order valence-electron chi connectivity index (χ2n) is 5.31. The molecule has 1 aliphatic carbocycles. The van der Waals surface area contributed by atoms with Gasteiger partial charge < -0.3 is 16.4 Å². The van der Waals surface area contributed by atoms with Crippen molar-refractivity contribution in [1.82, 2.24) is 0 Å². The average Bonchev–Trinajstić information content (AvgIpc) is 2.38. The molecule has 1 fully saturated rings. The van der Waals surface area contributed by atoms with Crippen molar-refractivity contribution >= 4 is 23.2 Å². The molecule has 20 heavy (non-hydrogen) atoms. The maximum Gasteiger partial charge on any atom is 0.229 e. The highest BCUT2D eigenvalue weighted by Crippen LogP contribution is 2.25. The van der Waals surface area contributed by atoms with E-state index in [-0.39, 0.29) is 23.8 Å². The number of carbonyl (C=O) groups is 2. The number of nitrogens with one attached hydrogen (secondary N) is 2. The van der Waals surface area contributed by atoms with Gasteiger partial charge in [0.15, 0.2) is 0 Å². The van der Waals surface area contributed by atoms with Gasteiger partial charge >= 0.3 is 0 Å². The summed E-state index contributed by atoms with van der Waals surface area (Å²) in [6.07, 6.45) is 3.91. The standard InChI is InChI=1S/C15H21N3O2/c1-10(19)17-11-5-4-6-12(9-11)18-15(20)13-7-2-3-8-14(13)16/h4-6,9,13-14H,2-3,7-8,16H2,1H3,(H,17,19)(H,18,20). The quantitative estimate of drug-likeness (QED) is 0.789. The minimum atomic E-state index is -0.136. The number of amides is 2. The molecule has 5 nitrogen and oxygen atoms in total. The molecule has 2 atom stereocenters. The summed E-state index contributed by atoms with van der Waals surface area (Å²) in [6, 6.07) is 7.07. The van der Waals surface area contributed by atoms with Crippen LogP contribution in [0, 0.1) is 5.92 Å². The van der Waals surface area contributed by atoms with Crippen LogP contribution in [0.1, 0.15) is 32.6 Å². The van der Waals surface area contributed by atoms with Gasteiger partial charge in [0.25, 0.3) is 0 Å². The molecule has 4 N–H and O–H groups in total. The average molecular weight is 275 g/mol. The summed E-state index contributed by atoms with van der Waals surface area (Å²) >= 11 is 0. The third-order valence-electron chi connectivity index (χ3n) is 3.61. The first kappa shape index (κ1) is 14.5. The number of hydrogen-bond acceptors (Lipinski definition) is 3. The number of carbonyl (C=O) groups excluding carboxylic acids is 2. The zero-order chi connectivity index (χ0) is 14.5. The lowest BCUT2D eigenvalue weighted by Crippen LogP contribution is -2.40. The lowest BCUT2D eigenvalue weighted by molar-refractivity contribution is -0.121. The summed E-state index contributed by atoms with van der Waals surface area (Å²) in [7, 11) is 0. The molecular weight excluding hydrogens is 254 g/mol. The Kier molecular flexibility index (Phi) is 4.74. The molecule has 0 aliphatic heterocycles. The van der Waals surface area contributed by atoms with E-state index in [2.05, 4.69) is 10.6 Å². The zero-order valence-electron chi connectivity index (χ0n) is 11.7. The molecule has 0 bridgehead atoms. The molecule has 2 amide bonds. The molecule has 1 aliphatic rings. The van der Waals surface area contributed by atoms with E-state index < -0.39 is 0 Å². The second kappa shape index (κ2) is 6.52. The van der Waals surface area contributed by atoms with Gasteiger partial charge in [-0.3, -0.25) is 9.59 Å². The van der Waals surface area contributed by atoms with Gasteiger partial charge in [0.2, 0.25) is 11.8 Å². The largest absolute Gasteiger partial charge is 0.327 e. The predicted molar refractivity (Wildman–Crippen MR) is 79.3 cm³/mol.